The molecule has 1 unspecified atom stereocenters. The Bertz CT molecular complexity index is 412. The highest BCUT2D eigenvalue weighted by atomic mass is 35.5. The molecule has 1 N–H and O–H groups in total. The summed E-state index contributed by atoms with van der Waals surface area (Å²) in [4.78, 5) is 11.7. The van der Waals surface area contributed by atoms with E-state index in [9.17, 15) is 4.79 Å². The zero-order valence-electron chi connectivity index (χ0n) is 9.37. The number of hydrogen-bond donors (Lipinski definition) is 1. The number of carbonyl (C=O) groups is 1. The molecule has 1 aromatic rings. The van der Waals surface area contributed by atoms with Gasteiger partial charge in [0.25, 0.3) is 5.91 Å². The van der Waals surface area contributed by atoms with E-state index >= 15 is 0 Å². The van der Waals surface area contributed by atoms with Crippen molar-refractivity contribution in [3.05, 3.63) is 28.2 Å². The third kappa shape index (κ3) is 3.79. The van der Waals surface area contributed by atoms with Crippen LogP contribution in [-0.4, -0.2) is 18.1 Å². The first-order valence-corrected chi connectivity index (χ1v) is 6.23. The first kappa shape index (κ1) is 12.5. The maximum atomic E-state index is 11.7. The Morgan fingerprint density at radius 3 is 2.47 bits per heavy atom. The molecule has 1 atom stereocenters. The van der Waals surface area contributed by atoms with E-state index in [4.69, 9.17) is 27.9 Å². The Balaban J connectivity index is 1.96. The van der Waals surface area contributed by atoms with E-state index < -0.39 is 6.10 Å². The monoisotopic (exact) mass is 273 g/mol. The van der Waals surface area contributed by atoms with Gasteiger partial charge in [-0.3, -0.25) is 4.79 Å². The van der Waals surface area contributed by atoms with Gasteiger partial charge < -0.3 is 10.1 Å². The predicted octanol–water partition coefficient (Wildman–Crippen LogP) is 3.04. The summed E-state index contributed by atoms with van der Waals surface area (Å²) < 4.78 is 5.49. The van der Waals surface area contributed by atoms with Crippen molar-refractivity contribution in [2.75, 3.05) is 0 Å². The van der Waals surface area contributed by atoms with Crippen LogP contribution >= 0.6 is 23.2 Å². The molecule has 0 aliphatic heterocycles. The number of hydrogen-bond acceptors (Lipinski definition) is 2. The van der Waals surface area contributed by atoms with E-state index in [2.05, 4.69) is 5.32 Å². The molecule has 2 rings (SSSR count). The molecular weight excluding hydrogens is 261 g/mol. The van der Waals surface area contributed by atoms with Crippen LogP contribution in [0.5, 0.6) is 5.75 Å². The molecule has 0 spiro atoms. The molecule has 1 aromatic carbocycles. The van der Waals surface area contributed by atoms with Gasteiger partial charge in [-0.05, 0) is 38.0 Å². The Morgan fingerprint density at radius 1 is 1.35 bits per heavy atom. The highest BCUT2D eigenvalue weighted by Gasteiger charge is 2.26. The number of amides is 1. The van der Waals surface area contributed by atoms with Crippen LogP contribution in [0.25, 0.3) is 0 Å². The van der Waals surface area contributed by atoms with Crippen LogP contribution in [0.2, 0.25) is 10.0 Å². The van der Waals surface area contributed by atoms with Gasteiger partial charge in [0.15, 0.2) is 6.10 Å². The standard InChI is InChI=1S/C12H13Cl2NO2/c1-7(12(16)15-10-2-3-10)17-11-5-8(13)4-9(14)6-11/h4-7,10H,2-3H2,1H3,(H,15,16). The Hall–Kier alpha value is -0.930. The maximum absolute atomic E-state index is 11.7. The molecule has 1 fully saturated rings. The van der Waals surface area contributed by atoms with Gasteiger partial charge >= 0.3 is 0 Å². The van der Waals surface area contributed by atoms with E-state index in [1.807, 2.05) is 0 Å². The van der Waals surface area contributed by atoms with E-state index in [-0.39, 0.29) is 5.91 Å². The minimum absolute atomic E-state index is 0.108. The molecule has 92 valence electrons. The van der Waals surface area contributed by atoms with Crippen molar-refractivity contribution in [1.29, 1.82) is 0 Å². The van der Waals surface area contributed by atoms with Gasteiger partial charge in [-0.25, -0.2) is 0 Å². The number of halogens is 2. The van der Waals surface area contributed by atoms with Crippen LogP contribution in [0.3, 0.4) is 0 Å². The second-order valence-corrected chi connectivity index (χ2v) is 5.02. The summed E-state index contributed by atoms with van der Waals surface area (Å²) in [6.07, 6.45) is 1.56. The van der Waals surface area contributed by atoms with Crippen molar-refractivity contribution in [1.82, 2.24) is 5.32 Å². The molecule has 0 bridgehead atoms. The number of benzene rings is 1. The zero-order valence-corrected chi connectivity index (χ0v) is 10.9. The van der Waals surface area contributed by atoms with Crippen molar-refractivity contribution >= 4 is 29.1 Å². The van der Waals surface area contributed by atoms with E-state index in [1.54, 1.807) is 25.1 Å². The van der Waals surface area contributed by atoms with Crippen LogP contribution in [0, 0.1) is 0 Å². The van der Waals surface area contributed by atoms with Gasteiger partial charge in [0.05, 0.1) is 0 Å². The molecule has 3 nitrogen and oxygen atoms in total. The lowest BCUT2D eigenvalue weighted by Crippen LogP contribution is -2.37. The van der Waals surface area contributed by atoms with Gasteiger partial charge in [0, 0.05) is 16.1 Å². The lowest BCUT2D eigenvalue weighted by Gasteiger charge is -2.14. The fourth-order valence-corrected chi connectivity index (χ4v) is 1.91. The van der Waals surface area contributed by atoms with E-state index in [0.717, 1.165) is 12.8 Å². The van der Waals surface area contributed by atoms with Gasteiger partial charge in [-0.15, -0.1) is 0 Å². The summed E-state index contributed by atoms with van der Waals surface area (Å²) in [7, 11) is 0. The molecule has 0 aromatic heterocycles. The normalized spacial score (nSPS) is 16.4. The molecule has 0 saturated heterocycles. The number of nitrogens with one attached hydrogen (secondary N) is 1. The van der Waals surface area contributed by atoms with Crippen molar-refractivity contribution in [3.63, 3.8) is 0 Å². The highest BCUT2D eigenvalue weighted by molar-refractivity contribution is 6.34. The van der Waals surface area contributed by atoms with E-state index in [1.165, 1.54) is 0 Å². The van der Waals surface area contributed by atoms with E-state index in [0.29, 0.717) is 21.8 Å². The molecule has 0 heterocycles. The summed E-state index contributed by atoms with van der Waals surface area (Å²) in [6.45, 7) is 1.70. The predicted molar refractivity (Wildman–Crippen MR) is 67.7 cm³/mol. The van der Waals surface area contributed by atoms with Gasteiger partial charge in [-0.2, -0.15) is 0 Å². The average Bonchev–Trinajstić information content (AvgIpc) is 2.99. The largest absolute Gasteiger partial charge is 0.481 e. The summed E-state index contributed by atoms with van der Waals surface area (Å²) in [6, 6.07) is 5.21. The minimum Gasteiger partial charge on any atom is -0.481 e. The van der Waals surface area contributed by atoms with Crippen molar-refractivity contribution in [2.45, 2.75) is 31.9 Å². The molecular formula is C12H13Cl2NO2. The molecule has 1 amide bonds. The SMILES string of the molecule is CC(Oc1cc(Cl)cc(Cl)c1)C(=O)NC1CC1. The van der Waals surface area contributed by atoms with Crippen molar-refractivity contribution in [2.24, 2.45) is 0 Å². The molecule has 1 aliphatic carbocycles. The molecule has 0 radical (unpaired) electrons. The summed E-state index contributed by atoms with van der Waals surface area (Å²) >= 11 is 11.7. The summed E-state index contributed by atoms with van der Waals surface area (Å²) in [5.41, 5.74) is 0. The maximum Gasteiger partial charge on any atom is 0.260 e. The quantitative estimate of drug-likeness (QED) is 0.916. The topological polar surface area (TPSA) is 38.3 Å². The smallest absolute Gasteiger partial charge is 0.260 e. The number of ether oxygens (including phenoxy) is 1. The summed E-state index contributed by atoms with van der Waals surface area (Å²) in [5.74, 6) is 0.393. The number of carbonyl (C=O) groups excluding carboxylic acids is 1. The zero-order chi connectivity index (χ0) is 12.4. The third-order valence-corrected chi connectivity index (χ3v) is 2.88. The van der Waals surface area contributed by atoms with Crippen molar-refractivity contribution < 1.29 is 9.53 Å². The molecule has 17 heavy (non-hydrogen) atoms. The van der Waals surface area contributed by atoms with Crippen molar-refractivity contribution in [3.8, 4) is 5.75 Å². The van der Waals surface area contributed by atoms with Crippen LogP contribution < -0.4 is 10.1 Å². The Labute approximate surface area is 110 Å². The molecule has 5 heteroatoms. The minimum atomic E-state index is -0.551. The lowest BCUT2D eigenvalue weighted by atomic mass is 10.3. The van der Waals surface area contributed by atoms with Gasteiger partial charge in [-0.1, -0.05) is 23.2 Å². The number of rotatable bonds is 4. The first-order valence-electron chi connectivity index (χ1n) is 5.48. The fraction of sp³-hybridized carbons (Fsp3) is 0.417. The second kappa shape index (κ2) is 5.15. The van der Waals surface area contributed by atoms with Crippen LogP contribution in [0.4, 0.5) is 0 Å². The van der Waals surface area contributed by atoms with Crippen LogP contribution in [0.15, 0.2) is 18.2 Å². The Morgan fingerprint density at radius 2 is 1.94 bits per heavy atom. The fourth-order valence-electron chi connectivity index (χ4n) is 1.40. The van der Waals surface area contributed by atoms with Crippen LogP contribution in [-0.2, 0) is 4.79 Å². The van der Waals surface area contributed by atoms with Gasteiger partial charge in [0.1, 0.15) is 5.75 Å². The highest BCUT2D eigenvalue weighted by Crippen LogP contribution is 2.25. The summed E-state index contributed by atoms with van der Waals surface area (Å²) in [5, 5.41) is 3.85. The van der Waals surface area contributed by atoms with Crippen LogP contribution in [0.1, 0.15) is 19.8 Å². The Kier molecular flexibility index (Phi) is 3.79. The first-order chi connectivity index (χ1) is 8.04. The third-order valence-electron chi connectivity index (χ3n) is 2.44. The molecule has 1 aliphatic rings. The second-order valence-electron chi connectivity index (χ2n) is 4.15. The lowest BCUT2D eigenvalue weighted by molar-refractivity contribution is -0.127. The average molecular weight is 274 g/mol. The van der Waals surface area contributed by atoms with Gasteiger partial charge in [0.2, 0.25) is 0 Å². The molecule has 1 saturated carbocycles.